The molecule has 0 spiro atoms. The summed E-state index contributed by atoms with van der Waals surface area (Å²) >= 11 is 0. The third-order valence-electron chi connectivity index (χ3n) is 7.68. The zero-order valence-electron chi connectivity index (χ0n) is 14.2. The molecule has 0 radical (unpaired) electrons. The molecule has 1 nitrogen and oxygen atoms in total. The van der Waals surface area contributed by atoms with Gasteiger partial charge in [0.25, 0.3) is 0 Å². The van der Waals surface area contributed by atoms with E-state index in [-0.39, 0.29) is 0 Å². The van der Waals surface area contributed by atoms with Gasteiger partial charge in [-0.2, -0.15) is 0 Å². The summed E-state index contributed by atoms with van der Waals surface area (Å²) in [6.07, 6.45) is 15.2. The molecule has 0 aliphatic heterocycles. The second-order valence-corrected chi connectivity index (χ2v) is 8.26. The molecular formula is C21H30O. The van der Waals surface area contributed by atoms with Crippen LogP contribution in [0.1, 0.15) is 58.3 Å². The highest BCUT2D eigenvalue weighted by Crippen LogP contribution is 2.63. The molecule has 0 aromatic rings. The van der Waals surface area contributed by atoms with E-state index in [9.17, 15) is 0 Å². The van der Waals surface area contributed by atoms with Gasteiger partial charge in [-0.3, -0.25) is 0 Å². The van der Waals surface area contributed by atoms with Crippen LogP contribution in [0, 0.1) is 29.1 Å². The Balaban J connectivity index is 1.60. The number of rotatable bonds is 2. The molecule has 4 rings (SSSR count). The van der Waals surface area contributed by atoms with Gasteiger partial charge in [0.1, 0.15) is 0 Å². The standard InChI is InChI=1S/C21H30O/c1-4-15-6-10-20-19-8-5-14-13-16(22-3)7-9-17(14)18(19)11-12-21(15,20)2/h4,7,15,18-20H,1,5-6,8-13H2,2-3H3/t15-,18?,19?,20?,21+/m0/s1. The number of ether oxygens (including phenoxy) is 1. The van der Waals surface area contributed by atoms with E-state index in [1.807, 2.05) is 7.11 Å². The second kappa shape index (κ2) is 5.28. The molecule has 0 aromatic heterocycles. The Morgan fingerprint density at radius 1 is 1.27 bits per heavy atom. The maximum atomic E-state index is 5.51. The number of hydrogen-bond acceptors (Lipinski definition) is 1. The summed E-state index contributed by atoms with van der Waals surface area (Å²) in [5.41, 5.74) is 4.08. The van der Waals surface area contributed by atoms with Gasteiger partial charge in [-0.1, -0.05) is 24.1 Å². The molecule has 0 heterocycles. The average Bonchev–Trinajstić information content (AvgIpc) is 2.90. The topological polar surface area (TPSA) is 9.23 Å². The predicted octanol–water partition coefficient (Wildman–Crippen LogP) is 5.65. The van der Waals surface area contributed by atoms with Gasteiger partial charge >= 0.3 is 0 Å². The first-order valence-corrected chi connectivity index (χ1v) is 9.23. The highest BCUT2D eigenvalue weighted by atomic mass is 16.5. The van der Waals surface area contributed by atoms with Crippen LogP contribution >= 0.6 is 0 Å². The van der Waals surface area contributed by atoms with Crippen molar-refractivity contribution in [1.29, 1.82) is 0 Å². The molecule has 4 aliphatic rings. The summed E-state index contributed by atoms with van der Waals surface area (Å²) in [6.45, 7) is 6.71. The molecular weight excluding hydrogens is 268 g/mol. The fourth-order valence-corrected chi connectivity index (χ4v) is 6.47. The first kappa shape index (κ1) is 14.6. The van der Waals surface area contributed by atoms with Gasteiger partial charge in [0, 0.05) is 6.42 Å². The van der Waals surface area contributed by atoms with Crippen molar-refractivity contribution in [3.63, 3.8) is 0 Å². The van der Waals surface area contributed by atoms with Crippen LogP contribution in [0.2, 0.25) is 0 Å². The SMILES string of the molecule is C=C[C@H]1CCC2C3CCC4=C(CC=C(OC)C4)C3CC[C@@]21C. The Labute approximate surface area is 135 Å². The first-order chi connectivity index (χ1) is 10.7. The van der Waals surface area contributed by atoms with E-state index in [0.29, 0.717) is 5.41 Å². The number of hydrogen-bond donors (Lipinski definition) is 0. The van der Waals surface area contributed by atoms with Crippen LogP contribution < -0.4 is 0 Å². The Bertz CT molecular complexity index is 540. The third-order valence-corrected chi connectivity index (χ3v) is 7.68. The van der Waals surface area contributed by atoms with Gasteiger partial charge in [-0.05, 0) is 80.1 Å². The van der Waals surface area contributed by atoms with Crippen LogP contribution in [-0.2, 0) is 4.74 Å². The predicted molar refractivity (Wildman–Crippen MR) is 91.3 cm³/mol. The molecule has 0 aromatic carbocycles. The first-order valence-electron chi connectivity index (χ1n) is 9.23. The summed E-state index contributed by atoms with van der Waals surface area (Å²) in [5, 5.41) is 0. The van der Waals surface area contributed by atoms with Crippen molar-refractivity contribution in [3.8, 4) is 0 Å². The van der Waals surface area contributed by atoms with Crippen molar-refractivity contribution in [2.24, 2.45) is 29.1 Å². The van der Waals surface area contributed by atoms with Gasteiger partial charge in [-0.15, -0.1) is 6.58 Å². The zero-order valence-corrected chi connectivity index (χ0v) is 14.2. The number of allylic oxidation sites excluding steroid dienone is 4. The van der Waals surface area contributed by atoms with E-state index in [1.54, 1.807) is 11.1 Å². The molecule has 2 saturated carbocycles. The van der Waals surface area contributed by atoms with Crippen LogP contribution in [0.15, 0.2) is 35.6 Å². The van der Waals surface area contributed by atoms with Crippen molar-refractivity contribution in [2.45, 2.75) is 58.3 Å². The third kappa shape index (κ3) is 1.97. The van der Waals surface area contributed by atoms with Crippen LogP contribution in [0.5, 0.6) is 0 Å². The maximum absolute atomic E-state index is 5.51. The highest BCUT2D eigenvalue weighted by molar-refractivity contribution is 5.32. The van der Waals surface area contributed by atoms with Crippen molar-refractivity contribution in [3.05, 3.63) is 35.6 Å². The monoisotopic (exact) mass is 298 g/mol. The summed E-state index contributed by atoms with van der Waals surface area (Å²) in [7, 11) is 1.82. The lowest BCUT2D eigenvalue weighted by Crippen LogP contribution is -2.43. The molecule has 1 heteroatoms. The summed E-state index contributed by atoms with van der Waals surface area (Å²) in [5.74, 6) is 4.72. The van der Waals surface area contributed by atoms with Crippen LogP contribution in [0.3, 0.4) is 0 Å². The van der Waals surface area contributed by atoms with Crippen LogP contribution in [0.25, 0.3) is 0 Å². The van der Waals surface area contributed by atoms with E-state index in [1.165, 1.54) is 44.3 Å². The van der Waals surface area contributed by atoms with Crippen LogP contribution in [0.4, 0.5) is 0 Å². The quantitative estimate of drug-likeness (QED) is 0.599. The van der Waals surface area contributed by atoms with Gasteiger partial charge < -0.3 is 4.74 Å². The maximum Gasteiger partial charge on any atom is 0.0959 e. The molecule has 0 saturated heterocycles. The lowest BCUT2D eigenvalue weighted by Gasteiger charge is -2.51. The van der Waals surface area contributed by atoms with Crippen LogP contribution in [-0.4, -0.2) is 7.11 Å². The van der Waals surface area contributed by atoms with Gasteiger partial charge in [-0.25, -0.2) is 0 Å². The number of methoxy groups -OCH3 is 1. The normalized spacial score (nSPS) is 43.8. The van der Waals surface area contributed by atoms with Crippen molar-refractivity contribution in [1.82, 2.24) is 0 Å². The van der Waals surface area contributed by atoms with E-state index in [2.05, 4.69) is 25.7 Å². The summed E-state index contributed by atoms with van der Waals surface area (Å²) in [4.78, 5) is 0. The molecule has 22 heavy (non-hydrogen) atoms. The zero-order chi connectivity index (χ0) is 15.3. The highest BCUT2D eigenvalue weighted by Gasteiger charge is 2.54. The van der Waals surface area contributed by atoms with Crippen molar-refractivity contribution < 1.29 is 4.74 Å². The molecule has 0 bridgehead atoms. The molecule has 120 valence electrons. The van der Waals surface area contributed by atoms with Crippen molar-refractivity contribution >= 4 is 0 Å². The summed E-state index contributed by atoms with van der Waals surface area (Å²) in [6, 6.07) is 0. The second-order valence-electron chi connectivity index (χ2n) is 8.26. The molecule has 3 unspecified atom stereocenters. The minimum absolute atomic E-state index is 0.545. The minimum Gasteiger partial charge on any atom is -0.501 e. The van der Waals surface area contributed by atoms with E-state index in [4.69, 9.17) is 4.74 Å². The van der Waals surface area contributed by atoms with Gasteiger partial charge in [0.2, 0.25) is 0 Å². The molecule has 5 atom stereocenters. The Hall–Kier alpha value is -0.980. The molecule has 0 amide bonds. The lowest BCUT2D eigenvalue weighted by molar-refractivity contribution is 0.0253. The van der Waals surface area contributed by atoms with Gasteiger partial charge in [0.15, 0.2) is 0 Å². The lowest BCUT2D eigenvalue weighted by atomic mass is 9.53. The van der Waals surface area contributed by atoms with E-state index in [0.717, 1.165) is 36.5 Å². The molecule has 2 fully saturated rings. The Morgan fingerprint density at radius 2 is 2.14 bits per heavy atom. The fraction of sp³-hybridized carbons (Fsp3) is 0.714. The smallest absolute Gasteiger partial charge is 0.0959 e. The molecule has 0 N–H and O–H groups in total. The largest absolute Gasteiger partial charge is 0.501 e. The minimum atomic E-state index is 0.545. The number of fused-ring (bicyclic) bond motifs is 4. The van der Waals surface area contributed by atoms with E-state index >= 15 is 0 Å². The average molecular weight is 298 g/mol. The fourth-order valence-electron chi connectivity index (χ4n) is 6.47. The Morgan fingerprint density at radius 3 is 2.91 bits per heavy atom. The summed E-state index contributed by atoms with van der Waals surface area (Å²) < 4.78 is 5.51. The van der Waals surface area contributed by atoms with Crippen molar-refractivity contribution in [2.75, 3.05) is 7.11 Å². The van der Waals surface area contributed by atoms with Gasteiger partial charge in [0.05, 0.1) is 12.9 Å². The Kier molecular flexibility index (Phi) is 3.51. The molecule has 4 aliphatic carbocycles. The van der Waals surface area contributed by atoms with E-state index < -0.39 is 0 Å².